The molecule has 0 spiro atoms. The van der Waals surface area contributed by atoms with Crippen molar-refractivity contribution in [3.8, 4) is 0 Å². The fourth-order valence-corrected chi connectivity index (χ4v) is 3.09. The van der Waals surface area contributed by atoms with Gasteiger partial charge in [-0.3, -0.25) is 4.79 Å². The van der Waals surface area contributed by atoms with Crippen molar-refractivity contribution in [1.29, 1.82) is 0 Å². The molecule has 1 N–H and O–H groups in total. The van der Waals surface area contributed by atoms with Gasteiger partial charge in [0.25, 0.3) is 0 Å². The van der Waals surface area contributed by atoms with Crippen LogP contribution in [-0.4, -0.2) is 28.2 Å². The van der Waals surface area contributed by atoms with Crippen molar-refractivity contribution in [2.24, 2.45) is 5.41 Å². The van der Waals surface area contributed by atoms with E-state index in [1.54, 1.807) is 0 Å². The van der Waals surface area contributed by atoms with Gasteiger partial charge in [0.1, 0.15) is 0 Å². The van der Waals surface area contributed by atoms with Crippen LogP contribution in [0.2, 0.25) is 0 Å². The predicted molar refractivity (Wildman–Crippen MR) is 67.5 cm³/mol. The molecule has 0 unspecified atom stereocenters. The zero-order valence-electron chi connectivity index (χ0n) is 9.17. The Morgan fingerprint density at radius 2 is 2.13 bits per heavy atom. The van der Waals surface area contributed by atoms with E-state index in [1.165, 1.54) is 0 Å². The summed E-state index contributed by atoms with van der Waals surface area (Å²) in [4.78, 5) is 11.2. The van der Waals surface area contributed by atoms with E-state index in [9.17, 15) is 9.90 Å². The fourth-order valence-electron chi connectivity index (χ4n) is 2.00. The molecule has 1 aliphatic rings. The highest BCUT2D eigenvalue weighted by atomic mass is 127. The van der Waals surface area contributed by atoms with E-state index < -0.39 is 11.4 Å². The lowest BCUT2D eigenvalue weighted by molar-refractivity contribution is -0.150. The van der Waals surface area contributed by atoms with E-state index in [-0.39, 0.29) is 0 Å². The van der Waals surface area contributed by atoms with E-state index in [1.807, 2.05) is 0 Å². The Labute approximate surface area is 105 Å². The minimum absolute atomic E-state index is 0.292. The van der Waals surface area contributed by atoms with Crippen LogP contribution in [0.1, 0.15) is 39.0 Å². The quantitative estimate of drug-likeness (QED) is 0.624. The molecule has 0 aliphatic heterocycles. The van der Waals surface area contributed by atoms with Crippen LogP contribution >= 0.6 is 22.6 Å². The molecule has 0 atom stereocenters. The second-order valence-electron chi connectivity index (χ2n) is 4.29. The number of rotatable bonds is 5. The maximum atomic E-state index is 11.2. The summed E-state index contributed by atoms with van der Waals surface area (Å²) < 4.78 is 6.36. The summed E-state index contributed by atoms with van der Waals surface area (Å²) in [7, 11) is 0. The van der Waals surface area contributed by atoms with E-state index in [0.717, 1.165) is 38.7 Å². The number of hydrogen-bond donors (Lipinski definition) is 1. The summed E-state index contributed by atoms with van der Waals surface area (Å²) in [5.41, 5.74) is -0.480. The van der Waals surface area contributed by atoms with Crippen LogP contribution in [0.3, 0.4) is 0 Å². The van der Waals surface area contributed by atoms with Crippen molar-refractivity contribution in [2.75, 3.05) is 11.0 Å². The number of halogens is 1. The van der Waals surface area contributed by atoms with E-state index in [0.29, 0.717) is 10.5 Å². The summed E-state index contributed by atoms with van der Waals surface area (Å²) >= 11 is 2.19. The number of aliphatic carboxylic acids is 1. The molecule has 0 amide bonds. The summed E-state index contributed by atoms with van der Waals surface area (Å²) in [5.74, 6) is -0.633. The monoisotopic (exact) mass is 326 g/mol. The van der Waals surface area contributed by atoms with Crippen LogP contribution in [0, 0.1) is 5.41 Å². The average Bonchev–Trinajstić information content (AvgIpc) is 2.27. The Hall–Kier alpha value is 0.160. The topological polar surface area (TPSA) is 46.5 Å². The smallest absolute Gasteiger partial charge is 0.310 e. The Morgan fingerprint density at radius 3 is 2.53 bits per heavy atom. The predicted octanol–water partition coefficient (Wildman–Crippen LogP) is 2.86. The van der Waals surface area contributed by atoms with Crippen molar-refractivity contribution in [3.05, 3.63) is 0 Å². The third-order valence-corrected chi connectivity index (χ3v) is 4.62. The first-order valence-electron chi connectivity index (χ1n) is 5.55. The van der Waals surface area contributed by atoms with Gasteiger partial charge in [0.05, 0.1) is 11.5 Å². The summed E-state index contributed by atoms with van der Waals surface area (Å²) in [6.07, 6.45) is 4.65. The van der Waals surface area contributed by atoms with Crippen molar-refractivity contribution in [2.45, 2.75) is 45.1 Å². The standard InChI is InChI=1S/C11H19IO3/c1-2-7-15-9-3-5-11(8-12,6-4-9)10(13)14/h9H,2-8H2,1H3,(H,13,14). The van der Waals surface area contributed by atoms with Gasteiger partial charge in [0.15, 0.2) is 0 Å². The number of hydrogen-bond acceptors (Lipinski definition) is 2. The molecule has 4 heteroatoms. The molecule has 0 aromatic carbocycles. The van der Waals surface area contributed by atoms with Crippen molar-refractivity contribution in [3.63, 3.8) is 0 Å². The van der Waals surface area contributed by atoms with E-state index in [4.69, 9.17) is 4.74 Å². The number of alkyl halides is 1. The average molecular weight is 326 g/mol. The first kappa shape index (κ1) is 13.2. The molecule has 1 rings (SSSR count). The van der Waals surface area contributed by atoms with E-state index in [2.05, 4.69) is 29.5 Å². The normalized spacial score (nSPS) is 31.5. The lowest BCUT2D eigenvalue weighted by atomic mass is 9.75. The molecule has 88 valence electrons. The third-order valence-electron chi connectivity index (χ3n) is 3.16. The summed E-state index contributed by atoms with van der Waals surface area (Å²) in [6.45, 7) is 2.89. The van der Waals surface area contributed by atoms with Crippen molar-refractivity contribution in [1.82, 2.24) is 0 Å². The van der Waals surface area contributed by atoms with Crippen LogP contribution in [0.4, 0.5) is 0 Å². The Bertz CT molecular complexity index is 210. The molecule has 0 aromatic heterocycles. The van der Waals surface area contributed by atoms with Crippen molar-refractivity contribution < 1.29 is 14.6 Å². The summed E-state index contributed by atoms with van der Waals surface area (Å²) in [6, 6.07) is 0. The zero-order chi connectivity index (χ0) is 11.3. The van der Waals surface area contributed by atoms with Crippen molar-refractivity contribution >= 4 is 28.6 Å². The van der Waals surface area contributed by atoms with Gasteiger partial charge >= 0.3 is 5.97 Å². The molecular formula is C11H19IO3. The van der Waals surface area contributed by atoms with Gasteiger partial charge < -0.3 is 9.84 Å². The van der Waals surface area contributed by atoms with Gasteiger partial charge in [-0.15, -0.1) is 0 Å². The van der Waals surface area contributed by atoms with Crippen LogP contribution in [0.15, 0.2) is 0 Å². The SMILES string of the molecule is CCCOC1CCC(CI)(C(=O)O)CC1. The Morgan fingerprint density at radius 1 is 1.53 bits per heavy atom. The molecule has 3 nitrogen and oxygen atoms in total. The zero-order valence-corrected chi connectivity index (χ0v) is 11.3. The third kappa shape index (κ3) is 3.31. The fraction of sp³-hybridized carbons (Fsp3) is 0.909. The van der Waals surface area contributed by atoms with Gasteiger partial charge in [-0.2, -0.15) is 0 Å². The lowest BCUT2D eigenvalue weighted by Crippen LogP contribution is -2.38. The minimum Gasteiger partial charge on any atom is -0.481 e. The molecule has 0 aromatic rings. The molecule has 1 saturated carbocycles. The molecule has 0 heterocycles. The highest BCUT2D eigenvalue weighted by molar-refractivity contribution is 14.1. The van der Waals surface area contributed by atoms with E-state index >= 15 is 0 Å². The van der Waals surface area contributed by atoms with Gasteiger partial charge in [-0.1, -0.05) is 29.5 Å². The molecule has 1 fully saturated rings. The number of ether oxygens (including phenoxy) is 1. The largest absolute Gasteiger partial charge is 0.481 e. The highest BCUT2D eigenvalue weighted by Crippen LogP contribution is 2.39. The van der Waals surface area contributed by atoms with Gasteiger partial charge in [-0.25, -0.2) is 0 Å². The first-order valence-corrected chi connectivity index (χ1v) is 7.08. The first-order chi connectivity index (χ1) is 7.14. The second kappa shape index (κ2) is 6.03. The van der Waals surface area contributed by atoms with Crippen LogP contribution < -0.4 is 0 Å². The van der Waals surface area contributed by atoms with Crippen LogP contribution in [0.25, 0.3) is 0 Å². The lowest BCUT2D eigenvalue weighted by Gasteiger charge is -2.35. The van der Waals surface area contributed by atoms with Gasteiger partial charge in [0, 0.05) is 11.0 Å². The highest BCUT2D eigenvalue weighted by Gasteiger charge is 2.41. The van der Waals surface area contributed by atoms with Gasteiger partial charge in [0.2, 0.25) is 0 Å². The Kier molecular flexibility index (Phi) is 5.32. The molecule has 1 aliphatic carbocycles. The van der Waals surface area contributed by atoms with Crippen LogP contribution in [-0.2, 0) is 9.53 Å². The molecule has 0 radical (unpaired) electrons. The summed E-state index contributed by atoms with van der Waals surface area (Å²) in [5, 5.41) is 9.21. The minimum atomic E-state index is -0.633. The molecule has 0 bridgehead atoms. The number of carbonyl (C=O) groups is 1. The molecular weight excluding hydrogens is 307 g/mol. The Balaban J connectivity index is 2.42. The molecule has 15 heavy (non-hydrogen) atoms. The van der Waals surface area contributed by atoms with Crippen LogP contribution in [0.5, 0.6) is 0 Å². The van der Waals surface area contributed by atoms with Gasteiger partial charge in [-0.05, 0) is 32.1 Å². The molecule has 0 saturated heterocycles. The second-order valence-corrected chi connectivity index (χ2v) is 5.05. The number of carboxylic acid groups (broad SMARTS) is 1. The number of carboxylic acids is 1. The maximum Gasteiger partial charge on any atom is 0.310 e. The maximum absolute atomic E-state index is 11.2.